The van der Waals surface area contributed by atoms with E-state index < -0.39 is 5.97 Å². The van der Waals surface area contributed by atoms with E-state index in [9.17, 15) is 19.2 Å². The predicted octanol–water partition coefficient (Wildman–Crippen LogP) is 7.68. The van der Waals surface area contributed by atoms with Crippen LogP contribution in [0.3, 0.4) is 0 Å². The lowest BCUT2D eigenvalue weighted by atomic mass is 10.1. The summed E-state index contributed by atoms with van der Waals surface area (Å²) >= 11 is 0. The normalized spacial score (nSPS) is 10.6. The third kappa shape index (κ3) is 12.3. The third-order valence-corrected chi connectivity index (χ3v) is 8.01. The molecule has 0 aromatic heterocycles. The van der Waals surface area contributed by atoms with Crippen LogP contribution in [0.25, 0.3) is 0 Å². The van der Waals surface area contributed by atoms with Crippen molar-refractivity contribution in [3.8, 4) is 23.0 Å². The summed E-state index contributed by atoms with van der Waals surface area (Å²) in [5.41, 5.74) is 2.75. The van der Waals surface area contributed by atoms with Crippen molar-refractivity contribution in [1.82, 2.24) is 4.90 Å². The standard InChI is InChI=1S/C41H46N2O8/c1-5-6-7-8-9-22-50-35-20-14-33(15-21-35)41(47)51-36-18-10-30(11-19-36)28-43(27-29(2)44)40(46)32-12-16-34(17-13-32)42-39(45)25-31-23-37(48-3)26-38(24-31)49-4/h10-21,23-24,26H,5-9,22,25,27-28H2,1-4H3,(H,42,45). The molecule has 0 bridgehead atoms. The van der Waals surface area contributed by atoms with Gasteiger partial charge in [-0.05, 0) is 97.3 Å². The van der Waals surface area contributed by atoms with E-state index in [1.165, 1.54) is 31.1 Å². The Kier molecular flexibility index (Phi) is 14.6. The van der Waals surface area contributed by atoms with Crippen molar-refractivity contribution in [3.63, 3.8) is 0 Å². The van der Waals surface area contributed by atoms with E-state index in [2.05, 4.69) is 12.2 Å². The van der Waals surface area contributed by atoms with E-state index in [0.717, 1.165) is 24.0 Å². The van der Waals surface area contributed by atoms with Gasteiger partial charge in [0.1, 0.15) is 28.8 Å². The van der Waals surface area contributed by atoms with Gasteiger partial charge in [0.25, 0.3) is 5.91 Å². The number of rotatable bonds is 19. The number of ether oxygens (including phenoxy) is 4. The lowest BCUT2D eigenvalue weighted by Crippen LogP contribution is -2.34. The van der Waals surface area contributed by atoms with E-state index in [4.69, 9.17) is 18.9 Å². The molecule has 10 heteroatoms. The van der Waals surface area contributed by atoms with E-state index in [-0.39, 0.29) is 37.1 Å². The van der Waals surface area contributed by atoms with Gasteiger partial charge in [0.2, 0.25) is 5.91 Å². The second kappa shape index (κ2) is 19.5. The lowest BCUT2D eigenvalue weighted by Gasteiger charge is -2.22. The summed E-state index contributed by atoms with van der Waals surface area (Å²) in [5.74, 6) is 0.971. The van der Waals surface area contributed by atoms with Crippen molar-refractivity contribution >= 4 is 29.3 Å². The SMILES string of the molecule is CCCCCCCOc1ccc(C(=O)Oc2ccc(CN(CC(C)=O)C(=O)c3ccc(NC(=O)Cc4cc(OC)cc(OC)c4)cc3)cc2)cc1. The number of carbonyl (C=O) groups is 4. The second-order valence-corrected chi connectivity index (χ2v) is 12.2. The fourth-order valence-corrected chi connectivity index (χ4v) is 5.34. The van der Waals surface area contributed by atoms with Crippen LogP contribution in [0, 0.1) is 0 Å². The maximum Gasteiger partial charge on any atom is 0.343 e. The zero-order valence-corrected chi connectivity index (χ0v) is 29.7. The Bertz CT molecular complexity index is 1730. The average Bonchev–Trinajstić information content (AvgIpc) is 3.13. The molecular formula is C41H46N2O8. The summed E-state index contributed by atoms with van der Waals surface area (Å²) in [6, 6.07) is 25.4. The van der Waals surface area contributed by atoms with Gasteiger partial charge in [0.15, 0.2) is 0 Å². The molecule has 0 atom stereocenters. The maximum atomic E-state index is 13.5. The van der Waals surface area contributed by atoms with Crippen LogP contribution in [0.1, 0.15) is 77.8 Å². The fraction of sp³-hybridized carbons (Fsp3) is 0.317. The van der Waals surface area contributed by atoms with Crippen molar-refractivity contribution in [3.05, 3.63) is 113 Å². The molecule has 10 nitrogen and oxygen atoms in total. The lowest BCUT2D eigenvalue weighted by molar-refractivity contribution is -0.118. The number of benzene rings is 4. The van der Waals surface area contributed by atoms with Crippen molar-refractivity contribution in [2.24, 2.45) is 0 Å². The van der Waals surface area contributed by atoms with Crippen LogP contribution in [0.2, 0.25) is 0 Å². The molecule has 4 aromatic rings. The number of unbranched alkanes of at least 4 members (excludes halogenated alkanes) is 4. The van der Waals surface area contributed by atoms with Crippen molar-refractivity contribution < 1.29 is 38.1 Å². The molecule has 268 valence electrons. The Balaban J connectivity index is 1.30. The van der Waals surface area contributed by atoms with E-state index in [1.807, 2.05) is 0 Å². The van der Waals surface area contributed by atoms with Crippen molar-refractivity contribution in [2.75, 3.05) is 32.7 Å². The molecule has 0 radical (unpaired) electrons. The zero-order valence-electron chi connectivity index (χ0n) is 29.7. The number of esters is 1. The minimum atomic E-state index is -0.498. The summed E-state index contributed by atoms with van der Waals surface area (Å²) in [6.45, 7) is 4.33. The molecule has 0 heterocycles. The number of nitrogens with zero attached hydrogens (tertiary/aromatic N) is 1. The number of methoxy groups -OCH3 is 2. The van der Waals surface area contributed by atoms with Gasteiger partial charge in [-0.2, -0.15) is 0 Å². The topological polar surface area (TPSA) is 120 Å². The van der Waals surface area contributed by atoms with Gasteiger partial charge >= 0.3 is 5.97 Å². The van der Waals surface area contributed by atoms with Gasteiger partial charge in [-0.15, -0.1) is 0 Å². The molecule has 4 rings (SSSR count). The number of ketones is 1. The highest BCUT2D eigenvalue weighted by Crippen LogP contribution is 2.24. The number of hydrogen-bond acceptors (Lipinski definition) is 8. The third-order valence-electron chi connectivity index (χ3n) is 8.01. The summed E-state index contributed by atoms with van der Waals surface area (Å²) < 4.78 is 21.9. The van der Waals surface area contributed by atoms with Crippen LogP contribution in [0.5, 0.6) is 23.0 Å². The Morgan fingerprint density at radius 1 is 0.667 bits per heavy atom. The van der Waals surface area contributed by atoms with Crippen molar-refractivity contribution in [1.29, 1.82) is 0 Å². The van der Waals surface area contributed by atoms with Crippen LogP contribution in [-0.2, 0) is 22.6 Å². The fourth-order valence-electron chi connectivity index (χ4n) is 5.34. The van der Waals surface area contributed by atoms with Crippen LogP contribution in [0.15, 0.2) is 91.0 Å². The molecule has 51 heavy (non-hydrogen) atoms. The van der Waals surface area contributed by atoms with Crippen LogP contribution in [-0.4, -0.2) is 55.8 Å². The van der Waals surface area contributed by atoms with E-state index in [1.54, 1.807) is 105 Å². The Hall–Kier alpha value is -5.64. The Morgan fingerprint density at radius 2 is 1.27 bits per heavy atom. The first-order chi connectivity index (χ1) is 24.7. The van der Waals surface area contributed by atoms with Gasteiger partial charge in [-0.3, -0.25) is 14.4 Å². The van der Waals surface area contributed by atoms with Gasteiger partial charge in [-0.1, -0.05) is 44.7 Å². The van der Waals surface area contributed by atoms with Gasteiger partial charge < -0.3 is 29.2 Å². The van der Waals surface area contributed by atoms with E-state index >= 15 is 0 Å². The number of Topliss-reactive ketones (excluding diaryl/α,β-unsaturated/α-hetero) is 1. The monoisotopic (exact) mass is 694 g/mol. The average molecular weight is 695 g/mol. The minimum absolute atomic E-state index is 0.0867. The van der Waals surface area contributed by atoms with Crippen LogP contribution in [0.4, 0.5) is 5.69 Å². The van der Waals surface area contributed by atoms with Gasteiger partial charge in [-0.25, -0.2) is 4.79 Å². The van der Waals surface area contributed by atoms with Gasteiger partial charge in [0, 0.05) is 23.9 Å². The number of anilines is 1. The molecule has 0 aliphatic heterocycles. The molecule has 4 aromatic carbocycles. The first-order valence-corrected chi connectivity index (χ1v) is 17.1. The second-order valence-electron chi connectivity index (χ2n) is 12.2. The smallest absolute Gasteiger partial charge is 0.343 e. The Labute approximate surface area is 299 Å². The molecule has 0 unspecified atom stereocenters. The van der Waals surface area contributed by atoms with E-state index in [0.29, 0.717) is 46.4 Å². The van der Waals surface area contributed by atoms with Crippen LogP contribution < -0.4 is 24.3 Å². The largest absolute Gasteiger partial charge is 0.497 e. The maximum absolute atomic E-state index is 13.5. The first kappa shape index (κ1) is 38.2. The molecule has 0 saturated carbocycles. The summed E-state index contributed by atoms with van der Waals surface area (Å²) in [6.07, 6.45) is 5.89. The molecule has 0 saturated heterocycles. The zero-order chi connectivity index (χ0) is 36.6. The molecular weight excluding hydrogens is 648 g/mol. The van der Waals surface area contributed by atoms with Crippen LogP contribution >= 0.6 is 0 Å². The minimum Gasteiger partial charge on any atom is -0.497 e. The quantitative estimate of drug-likeness (QED) is 0.0603. The molecule has 0 aliphatic rings. The number of carbonyl (C=O) groups excluding carboxylic acids is 4. The summed E-state index contributed by atoms with van der Waals surface area (Å²) in [5, 5.41) is 2.84. The first-order valence-electron chi connectivity index (χ1n) is 17.1. The molecule has 1 N–H and O–H groups in total. The molecule has 2 amide bonds. The molecule has 0 spiro atoms. The molecule has 0 fully saturated rings. The Morgan fingerprint density at radius 3 is 1.88 bits per heavy atom. The highest BCUT2D eigenvalue weighted by atomic mass is 16.5. The number of hydrogen-bond donors (Lipinski definition) is 1. The highest BCUT2D eigenvalue weighted by Gasteiger charge is 2.19. The summed E-state index contributed by atoms with van der Waals surface area (Å²) in [7, 11) is 3.09. The predicted molar refractivity (Wildman–Crippen MR) is 196 cm³/mol. The molecule has 0 aliphatic carbocycles. The summed E-state index contributed by atoms with van der Waals surface area (Å²) in [4.78, 5) is 52.5. The number of amides is 2. The highest BCUT2D eigenvalue weighted by molar-refractivity contribution is 5.98. The number of nitrogens with one attached hydrogen (secondary N) is 1. The van der Waals surface area contributed by atoms with Crippen molar-refractivity contribution in [2.45, 2.75) is 58.9 Å². The van der Waals surface area contributed by atoms with Gasteiger partial charge in [0.05, 0.1) is 39.4 Å².